The molecule has 1 atom stereocenters. The average molecular weight is 328 g/mol. The van der Waals surface area contributed by atoms with Crippen LogP contribution in [0.5, 0.6) is 0 Å². The SMILES string of the molecule is CC(C)OP(=O)(COP(=O)(O)C(F)(F)F)OC(C)C. The van der Waals surface area contributed by atoms with Gasteiger partial charge >= 0.3 is 21.1 Å². The van der Waals surface area contributed by atoms with Gasteiger partial charge in [-0.2, -0.15) is 13.2 Å². The maximum absolute atomic E-state index is 12.1. The molecule has 0 aliphatic rings. The minimum Gasteiger partial charge on any atom is -0.318 e. The van der Waals surface area contributed by atoms with Gasteiger partial charge in [-0.1, -0.05) is 0 Å². The predicted molar refractivity (Wildman–Crippen MR) is 61.9 cm³/mol. The van der Waals surface area contributed by atoms with Gasteiger partial charge in [0.2, 0.25) is 0 Å². The van der Waals surface area contributed by atoms with Gasteiger partial charge in [-0.15, -0.1) is 0 Å². The van der Waals surface area contributed by atoms with Crippen LogP contribution in [0, 0.1) is 0 Å². The molecule has 1 N–H and O–H groups in total. The monoisotopic (exact) mass is 328 g/mol. The summed E-state index contributed by atoms with van der Waals surface area (Å²) in [5.74, 6) is -5.45. The lowest BCUT2D eigenvalue weighted by Crippen LogP contribution is -2.15. The van der Waals surface area contributed by atoms with Crippen molar-refractivity contribution in [3.05, 3.63) is 0 Å². The zero-order chi connectivity index (χ0) is 15.5. The Labute approximate surface area is 109 Å². The minimum atomic E-state index is -5.89. The summed E-state index contributed by atoms with van der Waals surface area (Å²) >= 11 is 0. The highest BCUT2D eigenvalue weighted by Crippen LogP contribution is 2.62. The topological polar surface area (TPSA) is 82.1 Å². The Hall–Kier alpha value is 0.0900. The standard InChI is InChI=1S/C8H17F3O6P2/c1-6(2)16-18(12,17-7(3)4)5-15-19(13,14)8(9,10)11/h6-7H,5H2,1-4H3,(H,13,14). The van der Waals surface area contributed by atoms with E-state index in [1.54, 1.807) is 0 Å². The van der Waals surface area contributed by atoms with E-state index >= 15 is 0 Å². The molecular formula is C8H17F3O6P2. The molecule has 0 aliphatic carbocycles. The molecule has 0 aliphatic heterocycles. The van der Waals surface area contributed by atoms with Crippen molar-refractivity contribution in [3.63, 3.8) is 0 Å². The van der Waals surface area contributed by atoms with Gasteiger partial charge in [0.15, 0.2) is 6.35 Å². The zero-order valence-electron chi connectivity index (χ0n) is 10.9. The minimum absolute atomic E-state index is 0.614. The Kier molecular flexibility index (Phi) is 6.73. The number of rotatable bonds is 7. The van der Waals surface area contributed by atoms with Gasteiger partial charge in [0.1, 0.15) is 0 Å². The summed E-state index contributed by atoms with van der Waals surface area (Å²) in [5.41, 5.74) is 0. The fraction of sp³-hybridized carbons (Fsp3) is 1.00. The largest absolute Gasteiger partial charge is 0.493 e. The zero-order valence-corrected chi connectivity index (χ0v) is 12.7. The molecule has 11 heteroatoms. The first-order valence-corrected chi connectivity index (χ1v) is 8.59. The smallest absolute Gasteiger partial charge is 0.318 e. The van der Waals surface area contributed by atoms with E-state index in [2.05, 4.69) is 4.52 Å². The predicted octanol–water partition coefficient (Wildman–Crippen LogP) is 3.71. The van der Waals surface area contributed by atoms with Crippen molar-refractivity contribution in [2.75, 3.05) is 6.35 Å². The van der Waals surface area contributed by atoms with Crippen molar-refractivity contribution >= 4 is 15.2 Å². The van der Waals surface area contributed by atoms with E-state index in [0.717, 1.165) is 0 Å². The van der Waals surface area contributed by atoms with E-state index in [1.165, 1.54) is 27.7 Å². The van der Waals surface area contributed by atoms with Crippen LogP contribution in [-0.4, -0.2) is 29.4 Å². The first kappa shape index (κ1) is 19.1. The van der Waals surface area contributed by atoms with Crippen LogP contribution in [0.4, 0.5) is 13.2 Å². The maximum atomic E-state index is 12.1. The van der Waals surface area contributed by atoms with Crippen LogP contribution in [0.2, 0.25) is 0 Å². The van der Waals surface area contributed by atoms with E-state index in [1.807, 2.05) is 0 Å². The third kappa shape index (κ3) is 6.88. The highest BCUT2D eigenvalue weighted by molar-refractivity contribution is 7.57. The van der Waals surface area contributed by atoms with Gasteiger partial charge < -0.3 is 13.9 Å². The van der Waals surface area contributed by atoms with Crippen LogP contribution in [0.1, 0.15) is 27.7 Å². The van der Waals surface area contributed by atoms with E-state index in [-0.39, 0.29) is 0 Å². The molecule has 0 saturated heterocycles. The van der Waals surface area contributed by atoms with Crippen molar-refractivity contribution in [1.82, 2.24) is 0 Å². The molecule has 116 valence electrons. The summed E-state index contributed by atoms with van der Waals surface area (Å²) in [4.78, 5) is 8.66. The first-order chi connectivity index (χ1) is 8.29. The Morgan fingerprint density at radius 2 is 1.42 bits per heavy atom. The molecular weight excluding hydrogens is 311 g/mol. The second-order valence-electron chi connectivity index (χ2n) is 4.17. The molecule has 0 bridgehead atoms. The molecule has 0 rings (SSSR count). The highest BCUT2D eigenvalue weighted by Gasteiger charge is 2.53. The van der Waals surface area contributed by atoms with Crippen molar-refractivity contribution in [2.45, 2.75) is 45.8 Å². The Bertz CT molecular complexity index is 367. The summed E-state index contributed by atoms with van der Waals surface area (Å²) < 4.78 is 72.8. The Balaban J connectivity index is 4.87. The fourth-order valence-corrected chi connectivity index (χ4v) is 3.74. The van der Waals surface area contributed by atoms with Gasteiger partial charge in [0.05, 0.1) is 12.2 Å². The molecule has 19 heavy (non-hydrogen) atoms. The Morgan fingerprint density at radius 3 is 1.68 bits per heavy atom. The van der Waals surface area contributed by atoms with Crippen LogP contribution in [0.15, 0.2) is 0 Å². The first-order valence-electron chi connectivity index (χ1n) is 5.29. The van der Waals surface area contributed by atoms with Crippen LogP contribution < -0.4 is 0 Å². The number of alkyl halides is 3. The van der Waals surface area contributed by atoms with Crippen molar-refractivity contribution in [2.24, 2.45) is 0 Å². The maximum Gasteiger partial charge on any atom is 0.493 e. The van der Waals surface area contributed by atoms with E-state index in [9.17, 15) is 22.3 Å². The summed E-state index contributed by atoms with van der Waals surface area (Å²) in [5, 5.41) is 0. The van der Waals surface area contributed by atoms with E-state index in [0.29, 0.717) is 0 Å². The van der Waals surface area contributed by atoms with Gasteiger partial charge in [-0.05, 0) is 27.7 Å². The van der Waals surface area contributed by atoms with Crippen LogP contribution in [0.3, 0.4) is 0 Å². The summed E-state index contributed by atoms with van der Waals surface area (Å²) in [6.45, 7) is 5.94. The van der Waals surface area contributed by atoms with Gasteiger partial charge in [0, 0.05) is 0 Å². The number of halogens is 3. The Morgan fingerprint density at radius 1 is 1.05 bits per heavy atom. The lowest BCUT2D eigenvalue weighted by molar-refractivity contribution is -0.0696. The lowest BCUT2D eigenvalue weighted by Gasteiger charge is -2.24. The normalized spacial score (nSPS) is 16.9. The van der Waals surface area contributed by atoms with Gasteiger partial charge in [-0.3, -0.25) is 13.7 Å². The molecule has 0 radical (unpaired) electrons. The van der Waals surface area contributed by atoms with Crippen molar-refractivity contribution in [3.8, 4) is 0 Å². The molecule has 0 aromatic carbocycles. The molecule has 0 heterocycles. The third-order valence-electron chi connectivity index (χ3n) is 1.45. The van der Waals surface area contributed by atoms with Gasteiger partial charge in [0.25, 0.3) is 0 Å². The number of hydrogen-bond donors (Lipinski definition) is 1. The second-order valence-corrected chi connectivity index (χ2v) is 7.87. The number of hydrogen-bond acceptors (Lipinski definition) is 5. The lowest BCUT2D eigenvalue weighted by atomic mass is 10.5. The second kappa shape index (κ2) is 6.70. The summed E-state index contributed by atoms with van der Waals surface area (Å²) in [6.07, 6.45) is -2.48. The highest BCUT2D eigenvalue weighted by atomic mass is 31.2. The van der Waals surface area contributed by atoms with Crippen LogP contribution in [0.25, 0.3) is 0 Å². The molecule has 0 amide bonds. The van der Waals surface area contributed by atoms with Crippen molar-refractivity contribution in [1.29, 1.82) is 0 Å². The van der Waals surface area contributed by atoms with Crippen molar-refractivity contribution < 1.29 is 40.8 Å². The van der Waals surface area contributed by atoms with E-state index in [4.69, 9.17) is 13.9 Å². The molecule has 0 spiro atoms. The molecule has 6 nitrogen and oxygen atoms in total. The molecule has 0 saturated carbocycles. The average Bonchev–Trinajstić information content (AvgIpc) is 2.10. The third-order valence-corrected chi connectivity index (χ3v) is 4.71. The molecule has 0 fully saturated rings. The van der Waals surface area contributed by atoms with Crippen LogP contribution in [-0.2, 0) is 22.7 Å². The van der Waals surface area contributed by atoms with Crippen LogP contribution >= 0.6 is 15.2 Å². The molecule has 0 aromatic rings. The summed E-state index contributed by atoms with van der Waals surface area (Å²) in [7, 11) is -9.94. The fourth-order valence-electron chi connectivity index (χ4n) is 0.950. The van der Waals surface area contributed by atoms with E-state index < -0.39 is 39.7 Å². The van der Waals surface area contributed by atoms with Gasteiger partial charge in [-0.25, -0.2) is 0 Å². The molecule has 1 unspecified atom stereocenters. The molecule has 0 aromatic heterocycles. The summed E-state index contributed by atoms with van der Waals surface area (Å²) in [6, 6.07) is 0. The quantitative estimate of drug-likeness (QED) is 0.718.